The number of piperidine rings is 1. The van der Waals surface area contributed by atoms with E-state index in [2.05, 4.69) is 29.2 Å². The molecule has 92 valence electrons. The molecule has 2 fully saturated rings. The minimum atomic E-state index is 0.644. The number of hydrogen-bond acceptors (Lipinski definition) is 2. The molecule has 2 heteroatoms. The van der Waals surface area contributed by atoms with E-state index < -0.39 is 0 Å². The third kappa shape index (κ3) is 2.32. The van der Waals surface area contributed by atoms with Crippen LogP contribution in [0.2, 0.25) is 0 Å². The van der Waals surface area contributed by atoms with E-state index in [4.69, 9.17) is 5.73 Å². The summed E-state index contributed by atoms with van der Waals surface area (Å²) in [4.78, 5) is 2.58. The van der Waals surface area contributed by atoms with Gasteiger partial charge in [-0.15, -0.1) is 0 Å². The highest BCUT2D eigenvalue weighted by Crippen LogP contribution is 2.36. The predicted molar refractivity (Wildman–Crippen MR) is 72.0 cm³/mol. The molecule has 1 aliphatic carbocycles. The van der Waals surface area contributed by atoms with Crippen LogP contribution < -0.4 is 10.6 Å². The molecule has 1 aromatic carbocycles. The molecule has 0 spiro atoms. The van der Waals surface area contributed by atoms with Gasteiger partial charge in [0.25, 0.3) is 0 Å². The maximum absolute atomic E-state index is 5.64. The van der Waals surface area contributed by atoms with Crippen molar-refractivity contribution in [1.82, 2.24) is 0 Å². The van der Waals surface area contributed by atoms with Gasteiger partial charge in [0.05, 0.1) is 0 Å². The molecule has 2 nitrogen and oxygen atoms in total. The first-order valence-electron chi connectivity index (χ1n) is 6.89. The molecule has 0 aromatic heterocycles. The monoisotopic (exact) mass is 230 g/mol. The number of anilines is 1. The van der Waals surface area contributed by atoms with Crippen LogP contribution in [0.4, 0.5) is 5.69 Å². The van der Waals surface area contributed by atoms with Crippen LogP contribution >= 0.6 is 0 Å². The minimum Gasteiger partial charge on any atom is -0.371 e. The third-order valence-electron chi connectivity index (χ3n) is 4.39. The molecule has 2 aliphatic rings. The lowest BCUT2D eigenvalue weighted by Gasteiger charge is -2.42. The maximum Gasteiger partial charge on any atom is 0.0366 e. The van der Waals surface area contributed by atoms with E-state index in [0.717, 1.165) is 11.8 Å². The van der Waals surface area contributed by atoms with Crippen molar-refractivity contribution in [1.29, 1.82) is 0 Å². The van der Waals surface area contributed by atoms with Gasteiger partial charge in [-0.3, -0.25) is 0 Å². The highest BCUT2D eigenvalue weighted by atomic mass is 15.1. The normalized spacial score (nSPS) is 28.2. The molecule has 1 saturated carbocycles. The summed E-state index contributed by atoms with van der Waals surface area (Å²) in [5.74, 6) is 1.88. The summed E-state index contributed by atoms with van der Waals surface area (Å²) in [7, 11) is 0. The fourth-order valence-corrected chi connectivity index (χ4v) is 3.49. The van der Waals surface area contributed by atoms with Gasteiger partial charge in [-0.2, -0.15) is 0 Å². The average molecular weight is 230 g/mol. The van der Waals surface area contributed by atoms with Gasteiger partial charge in [-0.05, 0) is 48.8 Å². The molecule has 1 heterocycles. The molecule has 0 amide bonds. The second-order valence-corrected chi connectivity index (χ2v) is 5.67. The summed E-state index contributed by atoms with van der Waals surface area (Å²) in [6.07, 6.45) is 5.80. The highest BCUT2D eigenvalue weighted by molar-refractivity contribution is 5.48. The van der Waals surface area contributed by atoms with Crippen LogP contribution in [-0.4, -0.2) is 13.1 Å². The molecule has 1 aliphatic heterocycles. The van der Waals surface area contributed by atoms with E-state index in [1.54, 1.807) is 0 Å². The van der Waals surface area contributed by atoms with Gasteiger partial charge in [-0.1, -0.05) is 18.6 Å². The van der Waals surface area contributed by atoms with Gasteiger partial charge in [0.2, 0.25) is 0 Å². The molecule has 1 saturated heterocycles. The number of nitrogens with two attached hydrogens (primary N) is 1. The maximum atomic E-state index is 5.64. The van der Waals surface area contributed by atoms with Gasteiger partial charge in [-0.25, -0.2) is 0 Å². The largest absolute Gasteiger partial charge is 0.371 e. The van der Waals surface area contributed by atoms with Crippen molar-refractivity contribution in [2.24, 2.45) is 17.6 Å². The van der Waals surface area contributed by atoms with E-state index in [1.165, 1.54) is 50.0 Å². The SMILES string of the molecule is NCc1ccc(N2CC3CCCC(C3)C2)cc1. The van der Waals surface area contributed by atoms with Crippen LogP contribution in [0.3, 0.4) is 0 Å². The Balaban J connectivity index is 1.74. The second-order valence-electron chi connectivity index (χ2n) is 5.67. The van der Waals surface area contributed by atoms with Gasteiger partial charge < -0.3 is 10.6 Å². The van der Waals surface area contributed by atoms with E-state index in [9.17, 15) is 0 Å². The zero-order valence-electron chi connectivity index (χ0n) is 10.4. The molecule has 0 radical (unpaired) electrons. The van der Waals surface area contributed by atoms with Crippen molar-refractivity contribution in [3.8, 4) is 0 Å². The number of benzene rings is 1. The third-order valence-corrected chi connectivity index (χ3v) is 4.39. The number of nitrogens with zero attached hydrogens (tertiary/aromatic N) is 1. The summed E-state index contributed by atoms with van der Waals surface area (Å²) in [5, 5.41) is 0. The molecule has 1 aromatic rings. The molecule has 2 atom stereocenters. The van der Waals surface area contributed by atoms with Crippen LogP contribution in [0.25, 0.3) is 0 Å². The topological polar surface area (TPSA) is 29.3 Å². The van der Waals surface area contributed by atoms with Crippen molar-refractivity contribution >= 4 is 5.69 Å². The Hall–Kier alpha value is -1.02. The molecule has 2 N–H and O–H groups in total. The van der Waals surface area contributed by atoms with Crippen LogP contribution in [0, 0.1) is 11.8 Å². The zero-order chi connectivity index (χ0) is 11.7. The van der Waals surface area contributed by atoms with Crippen LogP contribution in [-0.2, 0) is 6.54 Å². The van der Waals surface area contributed by atoms with Crippen LogP contribution in [0.15, 0.2) is 24.3 Å². The first-order valence-corrected chi connectivity index (χ1v) is 6.89. The number of fused-ring (bicyclic) bond motifs is 2. The minimum absolute atomic E-state index is 0.644. The van der Waals surface area contributed by atoms with Crippen molar-refractivity contribution < 1.29 is 0 Å². The summed E-state index contributed by atoms with van der Waals surface area (Å²) < 4.78 is 0. The Kier molecular flexibility index (Phi) is 3.06. The quantitative estimate of drug-likeness (QED) is 0.846. The second kappa shape index (κ2) is 4.69. The van der Waals surface area contributed by atoms with Crippen molar-refractivity contribution in [2.45, 2.75) is 32.2 Å². The van der Waals surface area contributed by atoms with Crippen LogP contribution in [0.5, 0.6) is 0 Å². The van der Waals surface area contributed by atoms with Gasteiger partial charge in [0.1, 0.15) is 0 Å². The molecule has 3 rings (SSSR count). The van der Waals surface area contributed by atoms with E-state index in [0.29, 0.717) is 6.54 Å². The van der Waals surface area contributed by atoms with Crippen molar-refractivity contribution in [3.05, 3.63) is 29.8 Å². The smallest absolute Gasteiger partial charge is 0.0366 e. The highest BCUT2D eigenvalue weighted by Gasteiger charge is 2.30. The Bertz CT molecular complexity index is 359. The van der Waals surface area contributed by atoms with E-state index in [-0.39, 0.29) is 0 Å². The average Bonchev–Trinajstić information content (AvgIpc) is 2.38. The van der Waals surface area contributed by atoms with E-state index >= 15 is 0 Å². The van der Waals surface area contributed by atoms with Gasteiger partial charge in [0.15, 0.2) is 0 Å². The van der Waals surface area contributed by atoms with Gasteiger partial charge >= 0.3 is 0 Å². The lowest BCUT2D eigenvalue weighted by atomic mass is 9.78. The Morgan fingerprint density at radius 3 is 2.29 bits per heavy atom. The zero-order valence-corrected chi connectivity index (χ0v) is 10.4. The summed E-state index contributed by atoms with van der Waals surface area (Å²) in [6, 6.07) is 8.81. The summed E-state index contributed by atoms with van der Waals surface area (Å²) in [5.41, 5.74) is 8.26. The summed E-state index contributed by atoms with van der Waals surface area (Å²) in [6.45, 7) is 3.17. The number of rotatable bonds is 2. The lowest BCUT2D eigenvalue weighted by molar-refractivity contribution is 0.231. The molecule has 2 bridgehead atoms. The Morgan fingerprint density at radius 2 is 1.71 bits per heavy atom. The first-order chi connectivity index (χ1) is 8.35. The Morgan fingerprint density at radius 1 is 1.06 bits per heavy atom. The fraction of sp³-hybridized carbons (Fsp3) is 0.600. The predicted octanol–water partition coefficient (Wildman–Crippen LogP) is 2.77. The van der Waals surface area contributed by atoms with Crippen molar-refractivity contribution in [2.75, 3.05) is 18.0 Å². The van der Waals surface area contributed by atoms with E-state index in [1.807, 2.05) is 0 Å². The van der Waals surface area contributed by atoms with Crippen molar-refractivity contribution in [3.63, 3.8) is 0 Å². The summed E-state index contributed by atoms with van der Waals surface area (Å²) >= 11 is 0. The van der Waals surface area contributed by atoms with Crippen LogP contribution in [0.1, 0.15) is 31.2 Å². The molecule has 17 heavy (non-hydrogen) atoms. The standard InChI is InChI=1S/C15H22N2/c16-9-12-4-6-15(7-5-12)17-10-13-2-1-3-14(8-13)11-17/h4-7,13-14H,1-3,8-11,16H2. The molecular weight excluding hydrogens is 208 g/mol. The Labute approximate surface area is 104 Å². The molecule has 2 unspecified atom stereocenters. The first kappa shape index (κ1) is 11.1. The molecular formula is C15H22N2. The fourth-order valence-electron chi connectivity index (χ4n) is 3.49. The van der Waals surface area contributed by atoms with Gasteiger partial charge in [0, 0.05) is 25.3 Å². The number of hydrogen-bond donors (Lipinski definition) is 1. The lowest BCUT2D eigenvalue weighted by Crippen LogP contribution is -2.42.